The molecular formula is C18H19N3O2. The van der Waals surface area contributed by atoms with Gasteiger partial charge in [-0.2, -0.15) is 0 Å². The number of phenols is 1. The highest BCUT2D eigenvalue weighted by molar-refractivity contribution is 5.71. The third kappa shape index (κ3) is 2.68. The number of rotatable bonds is 3. The van der Waals surface area contributed by atoms with Crippen molar-refractivity contribution < 1.29 is 9.84 Å². The average Bonchev–Trinajstić information content (AvgIpc) is 2.96. The highest BCUT2D eigenvalue weighted by Crippen LogP contribution is 2.30. The highest BCUT2D eigenvalue weighted by atomic mass is 16.5. The smallest absolute Gasteiger partial charge is 0.160 e. The fourth-order valence-electron chi connectivity index (χ4n) is 3.21. The van der Waals surface area contributed by atoms with Gasteiger partial charge in [-0.15, -0.1) is 0 Å². The summed E-state index contributed by atoms with van der Waals surface area (Å²) in [5, 5.41) is 10.1. The quantitative estimate of drug-likeness (QED) is 0.807. The number of para-hydroxylation sites is 1. The second-order valence-corrected chi connectivity index (χ2v) is 5.92. The van der Waals surface area contributed by atoms with Gasteiger partial charge in [0.25, 0.3) is 0 Å². The molecule has 1 aromatic carbocycles. The number of nitrogens with zero attached hydrogens (tertiary/aromatic N) is 3. The number of aromatic nitrogens is 3. The van der Waals surface area contributed by atoms with Crippen LogP contribution in [0.2, 0.25) is 0 Å². The van der Waals surface area contributed by atoms with Crippen molar-refractivity contribution in [2.24, 2.45) is 0 Å². The summed E-state index contributed by atoms with van der Waals surface area (Å²) in [6.07, 6.45) is 3.74. The lowest BCUT2D eigenvalue weighted by molar-refractivity contribution is 0.0830. The third-order valence-corrected chi connectivity index (χ3v) is 4.44. The molecule has 0 aliphatic carbocycles. The van der Waals surface area contributed by atoms with E-state index in [2.05, 4.69) is 9.55 Å². The average molecular weight is 309 g/mol. The topological polar surface area (TPSA) is 60.2 Å². The maximum atomic E-state index is 10.1. The molecule has 5 heteroatoms. The Labute approximate surface area is 134 Å². The Morgan fingerprint density at radius 3 is 2.78 bits per heavy atom. The zero-order chi connectivity index (χ0) is 15.6. The van der Waals surface area contributed by atoms with Gasteiger partial charge in [-0.25, -0.2) is 9.97 Å². The first-order chi connectivity index (χ1) is 11.3. The lowest BCUT2D eigenvalue weighted by Crippen LogP contribution is -2.18. The summed E-state index contributed by atoms with van der Waals surface area (Å²) in [5.41, 5.74) is 2.66. The van der Waals surface area contributed by atoms with E-state index < -0.39 is 0 Å². The van der Waals surface area contributed by atoms with E-state index in [1.54, 1.807) is 12.3 Å². The standard InChI is InChI=1S/C18H19N3O2/c22-16-6-2-1-4-14(16)12-21-17(13-7-10-23-11-8-13)20-15-5-3-9-19-18(15)21/h1-6,9,13,22H,7-8,10-12H2. The first-order valence-electron chi connectivity index (χ1n) is 7.98. The molecule has 0 amide bonds. The van der Waals surface area contributed by atoms with Crippen LogP contribution in [-0.2, 0) is 11.3 Å². The van der Waals surface area contributed by atoms with Gasteiger partial charge in [0.2, 0.25) is 0 Å². The van der Waals surface area contributed by atoms with Crippen molar-refractivity contribution in [2.75, 3.05) is 13.2 Å². The molecule has 0 bridgehead atoms. The third-order valence-electron chi connectivity index (χ3n) is 4.44. The molecule has 3 aromatic rings. The Kier molecular flexibility index (Phi) is 3.71. The Bertz CT molecular complexity index is 822. The summed E-state index contributed by atoms with van der Waals surface area (Å²) >= 11 is 0. The molecule has 0 radical (unpaired) electrons. The van der Waals surface area contributed by atoms with Crippen LogP contribution in [0.15, 0.2) is 42.6 Å². The van der Waals surface area contributed by atoms with Crippen molar-refractivity contribution in [1.29, 1.82) is 0 Å². The van der Waals surface area contributed by atoms with Crippen LogP contribution in [0.4, 0.5) is 0 Å². The maximum Gasteiger partial charge on any atom is 0.160 e. The van der Waals surface area contributed by atoms with Crippen LogP contribution in [0.25, 0.3) is 11.2 Å². The van der Waals surface area contributed by atoms with Gasteiger partial charge in [-0.05, 0) is 31.0 Å². The van der Waals surface area contributed by atoms with E-state index in [1.807, 2.05) is 30.3 Å². The summed E-state index contributed by atoms with van der Waals surface area (Å²) < 4.78 is 7.62. The van der Waals surface area contributed by atoms with E-state index >= 15 is 0 Å². The predicted octanol–water partition coefficient (Wildman–Crippen LogP) is 3.08. The molecule has 0 atom stereocenters. The van der Waals surface area contributed by atoms with E-state index in [1.165, 1.54) is 0 Å². The van der Waals surface area contributed by atoms with E-state index in [-0.39, 0.29) is 0 Å². The monoisotopic (exact) mass is 309 g/mol. The van der Waals surface area contributed by atoms with Gasteiger partial charge in [-0.1, -0.05) is 18.2 Å². The fraction of sp³-hybridized carbons (Fsp3) is 0.333. The van der Waals surface area contributed by atoms with Gasteiger partial charge >= 0.3 is 0 Å². The Morgan fingerprint density at radius 1 is 1.13 bits per heavy atom. The van der Waals surface area contributed by atoms with Crippen LogP contribution in [0.3, 0.4) is 0 Å². The molecule has 118 valence electrons. The number of hydrogen-bond acceptors (Lipinski definition) is 4. The maximum absolute atomic E-state index is 10.1. The van der Waals surface area contributed by atoms with E-state index in [9.17, 15) is 5.11 Å². The first-order valence-corrected chi connectivity index (χ1v) is 7.98. The van der Waals surface area contributed by atoms with Crippen molar-refractivity contribution in [3.63, 3.8) is 0 Å². The zero-order valence-corrected chi connectivity index (χ0v) is 12.9. The second kappa shape index (κ2) is 6.01. The molecule has 5 nitrogen and oxygen atoms in total. The minimum Gasteiger partial charge on any atom is -0.508 e. The molecule has 1 aliphatic rings. The number of benzene rings is 1. The van der Waals surface area contributed by atoms with E-state index in [0.717, 1.165) is 48.6 Å². The number of hydrogen-bond donors (Lipinski definition) is 1. The largest absolute Gasteiger partial charge is 0.508 e. The first kappa shape index (κ1) is 14.2. The number of phenolic OH excluding ortho intramolecular Hbond substituents is 1. The van der Waals surface area contributed by atoms with Crippen LogP contribution in [0.5, 0.6) is 5.75 Å². The summed E-state index contributed by atoms with van der Waals surface area (Å²) in [5.74, 6) is 1.73. The van der Waals surface area contributed by atoms with Crippen LogP contribution < -0.4 is 0 Å². The Hall–Kier alpha value is -2.40. The molecule has 1 fully saturated rings. The summed E-state index contributed by atoms with van der Waals surface area (Å²) in [7, 11) is 0. The van der Waals surface area contributed by atoms with Crippen molar-refractivity contribution in [2.45, 2.75) is 25.3 Å². The Balaban J connectivity index is 1.81. The van der Waals surface area contributed by atoms with Gasteiger partial charge < -0.3 is 14.4 Å². The van der Waals surface area contributed by atoms with Gasteiger partial charge in [0, 0.05) is 30.9 Å². The molecule has 23 heavy (non-hydrogen) atoms. The number of ether oxygens (including phenoxy) is 1. The van der Waals surface area contributed by atoms with Gasteiger partial charge in [0.15, 0.2) is 5.65 Å². The van der Waals surface area contributed by atoms with Crippen LogP contribution in [0.1, 0.15) is 30.1 Å². The van der Waals surface area contributed by atoms with Crippen LogP contribution in [0, 0.1) is 0 Å². The molecule has 1 saturated heterocycles. The summed E-state index contributed by atoms with van der Waals surface area (Å²) in [6, 6.07) is 11.3. The fourth-order valence-corrected chi connectivity index (χ4v) is 3.21. The molecule has 0 spiro atoms. The molecule has 1 N–H and O–H groups in total. The lowest BCUT2D eigenvalue weighted by Gasteiger charge is -2.22. The second-order valence-electron chi connectivity index (χ2n) is 5.92. The molecule has 4 rings (SSSR count). The molecule has 0 saturated carbocycles. The van der Waals surface area contributed by atoms with Gasteiger partial charge in [-0.3, -0.25) is 0 Å². The minimum absolute atomic E-state index is 0.309. The van der Waals surface area contributed by atoms with Crippen molar-refractivity contribution in [3.05, 3.63) is 54.0 Å². The molecule has 3 heterocycles. The lowest BCUT2D eigenvalue weighted by atomic mass is 9.99. The normalized spacial score (nSPS) is 16.0. The van der Waals surface area contributed by atoms with E-state index in [0.29, 0.717) is 18.2 Å². The molecule has 2 aromatic heterocycles. The Morgan fingerprint density at radius 2 is 1.96 bits per heavy atom. The minimum atomic E-state index is 0.309. The predicted molar refractivity (Wildman–Crippen MR) is 87.5 cm³/mol. The number of fused-ring (bicyclic) bond motifs is 1. The molecule has 0 unspecified atom stereocenters. The van der Waals surface area contributed by atoms with Crippen molar-refractivity contribution >= 4 is 11.2 Å². The zero-order valence-electron chi connectivity index (χ0n) is 12.9. The van der Waals surface area contributed by atoms with Crippen molar-refractivity contribution in [3.8, 4) is 5.75 Å². The summed E-state index contributed by atoms with van der Waals surface area (Å²) in [6.45, 7) is 2.13. The van der Waals surface area contributed by atoms with Gasteiger partial charge in [0.05, 0.1) is 6.54 Å². The molecule has 1 aliphatic heterocycles. The number of pyridine rings is 1. The van der Waals surface area contributed by atoms with Crippen LogP contribution in [-0.4, -0.2) is 32.9 Å². The number of aromatic hydroxyl groups is 1. The summed E-state index contributed by atoms with van der Waals surface area (Å²) in [4.78, 5) is 9.34. The SMILES string of the molecule is Oc1ccccc1Cn1c(C2CCOCC2)nc2cccnc21. The van der Waals surface area contributed by atoms with Crippen molar-refractivity contribution in [1.82, 2.24) is 14.5 Å². The van der Waals surface area contributed by atoms with E-state index in [4.69, 9.17) is 9.72 Å². The van der Waals surface area contributed by atoms with Crippen LogP contribution >= 0.6 is 0 Å². The molecular weight excluding hydrogens is 290 g/mol. The van der Waals surface area contributed by atoms with Gasteiger partial charge in [0.1, 0.15) is 17.1 Å². The number of imidazole rings is 1. The highest BCUT2D eigenvalue weighted by Gasteiger charge is 2.23.